The van der Waals surface area contributed by atoms with Crippen molar-refractivity contribution in [1.29, 1.82) is 0 Å². The van der Waals surface area contributed by atoms with Gasteiger partial charge in [-0.1, -0.05) is 42.5 Å². The molecule has 0 heterocycles. The molecular formula is C23H22N2O2. The van der Waals surface area contributed by atoms with Crippen LogP contribution in [0.15, 0.2) is 72.8 Å². The number of aryl methyl sites for hydroxylation is 2. The normalized spacial score (nSPS) is 10.3. The van der Waals surface area contributed by atoms with Crippen LogP contribution in [0.5, 0.6) is 0 Å². The highest BCUT2D eigenvalue weighted by Crippen LogP contribution is 2.15. The fourth-order valence-corrected chi connectivity index (χ4v) is 2.93. The first kappa shape index (κ1) is 18.4. The van der Waals surface area contributed by atoms with Crippen molar-refractivity contribution >= 4 is 17.5 Å². The van der Waals surface area contributed by atoms with Gasteiger partial charge in [0.1, 0.15) is 0 Å². The van der Waals surface area contributed by atoms with Gasteiger partial charge in [0, 0.05) is 23.4 Å². The maximum atomic E-state index is 12.5. The Kier molecular flexibility index (Phi) is 5.67. The summed E-state index contributed by atoms with van der Waals surface area (Å²) in [6.45, 7) is 4.42. The highest BCUT2D eigenvalue weighted by atomic mass is 16.2. The number of hydrogen-bond donors (Lipinski definition) is 2. The second-order valence-corrected chi connectivity index (χ2v) is 6.58. The van der Waals surface area contributed by atoms with E-state index in [9.17, 15) is 9.59 Å². The van der Waals surface area contributed by atoms with E-state index < -0.39 is 0 Å². The quantitative estimate of drug-likeness (QED) is 0.706. The van der Waals surface area contributed by atoms with Gasteiger partial charge in [0.2, 0.25) is 0 Å². The van der Waals surface area contributed by atoms with E-state index in [1.165, 1.54) is 0 Å². The molecule has 0 saturated heterocycles. The summed E-state index contributed by atoms with van der Waals surface area (Å²) in [5, 5.41) is 5.77. The Morgan fingerprint density at radius 2 is 1.37 bits per heavy atom. The summed E-state index contributed by atoms with van der Waals surface area (Å²) >= 11 is 0. The molecule has 0 aliphatic heterocycles. The van der Waals surface area contributed by atoms with Crippen molar-refractivity contribution in [2.75, 3.05) is 5.32 Å². The number of carbonyl (C=O) groups is 2. The molecule has 4 nitrogen and oxygen atoms in total. The fourth-order valence-electron chi connectivity index (χ4n) is 2.93. The van der Waals surface area contributed by atoms with E-state index in [1.807, 2.05) is 62.4 Å². The predicted octanol–water partition coefficient (Wildman–Crippen LogP) is 4.49. The zero-order chi connectivity index (χ0) is 19.2. The summed E-state index contributed by atoms with van der Waals surface area (Å²) < 4.78 is 0. The molecule has 0 aliphatic carbocycles. The van der Waals surface area contributed by atoms with Gasteiger partial charge in [0.05, 0.1) is 0 Å². The van der Waals surface area contributed by atoms with Gasteiger partial charge in [0.25, 0.3) is 11.8 Å². The zero-order valence-electron chi connectivity index (χ0n) is 15.5. The Hall–Kier alpha value is -3.40. The lowest BCUT2D eigenvalue weighted by Gasteiger charge is -2.09. The topological polar surface area (TPSA) is 58.2 Å². The van der Waals surface area contributed by atoms with Gasteiger partial charge < -0.3 is 10.6 Å². The Morgan fingerprint density at radius 1 is 0.741 bits per heavy atom. The first-order chi connectivity index (χ1) is 13.0. The van der Waals surface area contributed by atoms with Gasteiger partial charge >= 0.3 is 0 Å². The standard InChI is InChI=1S/C23H22N2O2/c1-16-11-17(2)13-21(12-16)25-23(27)20-10-6-9-19(14-20)22(26)24-15-18-7-4-3-5-8-18/h3-14H,15H2,1-2H3,(H,24,26)(H,25,27). The van der Waals surface area contributed by atoms with E-state index in [2.05, 4.69) is 10.6 Å². The van der Waals surface area contributed by atoms with Crippen LogP contribution in [-0.4, -0.2) is 11.8 Å². The van der Waals surface area contributed by atoms with E-state index in [4.69, 9.17) is 0 Å². The van der Waals surface area contributed by atoms with E-state index in [0.717, 1.165) is 22.4 Å². The van der Waals surface area contributed by atoms with Gasteiger partial charge in [-0.25, -0.2) is 0 Å². The molecule has 136 valence electrons. The maximum Gasteiger partial charge on any atom is 0.255 e. The van der Waals surface area contributed by atoms with Crippen LogP contribution in [0.1, 0.15) is 37.4 Å². The lowest BCUT2D eigenvalue weighted by Crippen LogP contribution is -2.23. The molecule has 0 unspecified atom stereocenters. The van der Waals surface area contributed by atoms with Gasteiger partial charge in [-0.15, -0.1) is 0 Å². The molecule has 2 amide bonds. The van der Waals surface area contributed by atoms with E-state index in [1.54, 1.807) is 24.3 Å². The Bertz CT molecular complexity index is 945. The second kappa shape index (κ2) is 8.32. The monoisotopic (exact) mass is 358 g/mol. The van der Waals surface area contributed by atoms with Gasteiger partial charge in [-0.3, -0.25) is 9.59 Å². The third-order valence-corrected chi connectivity index (χ3v) is 4.16. The SMILES string of the molecule is Cc1cc(C)cc(NC(=O)c2cccc(C(=O)NCc3ccccc3)c2)c1. The Morgan fingerprint density at radius 3 is 2.04 bits per heavy atom. The van der Waals surface area contributed by atoms with Crippen LogP contribution in [-0.2, 0) is 6.54 Å². The Labute approximate surface area is 159 Å². The molecule has 0 radical (unpaired) electrons. The first-order valence-electron chi connectivity index (χ1n) is 8.83. The summed E-state index contributed by atoms with van der Waals surface area (Å²) in [5.41, 5.74) is 4.84. The number of rotatable bonds is 5. The van der Waals surface area contributed by atoms with Crippen molar-refractivity contribution in [3.63, 3.8) is 0 Å². The molecule has 0 saturated carbocycles. The highest BCUT2D eigenvalue weighted by Gasteiger charge is 2.11. The van der Waals surface area contributed by atoms with Crippen LogP contribution < -0.4 is 10.6 Å². The van der Waals surface area contributed by atoms with Crippen molar-refractivity contribution < 1.29 is 9.59 Å². The summed E-state index contributed by atoms with van der Waals surface area (Å²) in [5.74, 6) is -0.447. The molecule has 2 N–H and O–H groups in total. The molecule has 3 aromatic rings. The lowest BCUT2D eigenvalue weighted by molar-refractivity contribution is 0.0951. The minimum absolute atomic E-state index is 0.208. The minimum Gasteiger partial charge on any atom is -0.348 e. The predicted molar refractivity (Wildman–Crippen MR) is 108 cm³/mol. The minimum atomic E-state index is -0.238. The third-order valence-electron chi connectivity index (χ3n) is 4.16. The summed E-state index contributed by atoms with van der Waals surface area (Å²) in [4.78, 5) is 24.9. The number of benzene rings is 3. The van der Waals surface area contributed by atoms with Gasteiger partial charge in [-0.05, 0) is 60.9 Å². The van der Waals surface area contributed by atoms with Crippen molar-refractivity contribution in [3.05, 3.63) is 101 Å². The average Bonchev–Trinajstić information content (AvgIpc) is 2.66. The largest absolute Gasteiger partial charge is 0.348 e. The third kappa shape index (κ3) is 5.05. The van der Waals surface area contributed by atoms with Crippen molar-refractivity contribution in [2.45, 2.75) is 20.4 Å². The van der Waals surface area contributed by atoms with E-state index in [0.29, 0.717) is 17.7 Å². The molecular weight excluding hydrogens is 336 g/mol. The van der Waals surface area contributed by atoms with E-state index >= 15 is 0 Å². The molecule has 3 aromatic carbocycles. The van der Waals surface area contributed by atoms with Crippen LogP contribution in [0.3, 0.4) is 0 Å². The molecule has 0 aliphatic rings. The Balaban J connectivity index is 1.68. The molecule has 0 fully saturated rings. The zero-order valence-corrected chi connectivity index (χ0v) is 15.5. The molecule has 4 heteroatoms. The summed E-state index contributed by atoms with van der Waals surface area (Å²) in [6, 6.07) is 22.3. The van der Waals surface area contributed by atoms with Gasteiger partial charge in [0.15, 0.2) is 0 Å². The lowest BCUT2D eigenvalue weighted by atomic mass is 10.1. The van der Waals surface area contributed by atoms with Crippen LogP contribution in [0, 0.1) is 13.8 Å². The van der Waals surface area contributed by atoms with Crippen LogP contribution in [0.4, 0.5) is 5.69 Å². The average molecular weight is 358 g/mol. The maximum absolute atomic E-state index is 12.5. The van der Waals surface area contributed by atoms with Crippen LogP contribution >= 0.6 is 0 Å². The molecule has 0 aromatic heterocycles. The van der Waals surface area contributed by atoms with Gasteiger partial charge in [-0.2, -0.15) is 0 Å². The number of hydrogen-bond acceptors (Lipinski definition) is 2. The number of carbonyl (C=O) groups excluding carboxylic acids is 2. The second-order valence-electron chi connectivity index (χ2n) is 6.58. The summed E-state index contributed by atoms with van der Waals surface area (Å²) in [6.07, 6.45) is 0. The molecule has 0 bridgehead atoms. The number of amides is 2. The number of nitrogens with one attached hydrogen (secondary N) is 2. The molecule has 0 spiro atoms. The van der Waals surface area contributed by atoms with Crippen LogP contribution in [0.2, 0.25) is 0 Å². The highest BCUT2D eigenvalue weighted by molar-refractivity contribution is 6.06. The van der Waals surface area contributed by atoms with E-state index in [-0.39, 0.29) is 11.8 Å². The molecule has 27 heavy (non-hydrogen) atoms. The fraction of sp³-hybridized carbons (Fsp3) is 0.130. The van der Waals surface area contributed by atoms with Crippen molar-refractivity contribution in [1.82, 2.24) is 5.32 Å². The number of anilines is 1. The van der Waals surface area contributed by atoms with Crippen molar-refractivity contribution in [2.24, 2.45) is 0 Å². The van der Waals surface area contributed by atoms with Crippen LogP contribution in [0.25, 0.3) is 0 Å². The summed E-state index contributed by atoms with van der Waals surface area (Å²) in [7, 11) is 0. The molecule has 3 rings (SSSR count). The molecule has 0 atom stereocenters. The van der Waals surface area contributed by atoms with Crippen molar-refractivity contribution in [3.8, 4) is 0 Å². The smallest absolute Gasteiger partial charge is 0.255 e. The first-order valence-corrected chi connectivity index (χ1v) is 8.83.